The van der Waals surface area contributed by atoms with E-state index >= 15 is 0 Å². The Kier molecular flexibility index (Phi) is 6.87. The molecule has 1 aromatic carbocycles. The highest BCUT2D eigenvalue weighted by Gasteiger charge is 2.09. The number of carbonyl (C=O) groups excluding carboxylic acids is 1. The van der Waals surface area contributed by atoms with Crippen LogP contribution in [-0.2, 0) is 17.3 Å². The van der Waals surface area contributed by atoms with Gasteiger partial charge >= 0.3 is 12.0 Å². The molecule has 116 valence electrons. The van der Waals surface area contributed by atoms with Gasteiger partial charge in [0.15, 0.2) is 0 Å². The Morgan fingerprint density at radius 3 is 2.43 bits per heavy atom. The van der Waals surface area contributed by atoms with Crippen LogP contribution in [0.5, 0.6) is 0 Å². The minimum atomic E-state index is -0.971. The Balaban J connectivity index is 2.41. The number of aromatic carboxylic acids is 1. The summed E-state index contributed by atoms with van der Waals surface area (Å²) in [6, 6.07) is 6.19. The summed E-state index contributed by atoms with van der Waals surface area (Å²) in [7, 11) is 0.824. The molecule has 2 N–H and O–H groups in total. The second-order valence-corrected chi connectivity index (χ2v) is 6.28. The molecule has 0 bridgehead atoms. The SMILES string of the molecule is CN(Cc1ccc(C(=O)O)cc1)C(=O)NCCCS(C)=O. The van der Waals surface area contributed by atoms with Crippen molar-refractivity contribution in [3.8, 4) is 0 Å². The molecule has 0 saturated heterocycles. The van der Waals surface area contributed by atoms with Gasteiger partial charge in [0.25, 0.3) is 0 Å². The summed E-state index contributed by atoms with van der Waals surface area (Å²) in [5.74, 6) is -0.401. The third kappa shape index (κ3) is 6.40. The average molecular weight is 312 g/mol. The van der Waals surface area contributed by atoms with E-state index in [2.05, 4.69) is 5.32 Å². The number of nitrogens with zero attached hydrogens (tertiary/aromatic N) is 1. The zero-order valence-corrected chi connectivity index (χ0v) is 13.0. The van der Waals surface area contributed by atoms with Crippen LogP contribution in [0.25, 0.3) is 0 Å². The van der Waals surface area contributed by atoms with Crippen LogP contribution in [-0.4, -0.2) is 51.8 Å². The smallest absolute Gasteiger partial charge is 0.335 e. The largest absolute Gasteiger partial charge is 0.478 e. The highest BCUT2D eigenvalue weighted by Crippen LogP contribution is 2.07. The topological polar surface area (TPSA) is 86.7 Å². The van der Waals surface area contributed by atoms with Gasteiger partial charge in [0, 0.05) is 42.9 Å². The van der Waals surface area contributed by atoms with Gasteiger partial charge in [0.05, 0.1) is 5.56 Å². The molecule has 0 aliphatic heterocycles. The van der Waals surface area contributed by atoms with Crippen molar-refractivity contribution in [1.29, 1.82) is 0 Å². The molecule has 0 heterocycles. The summed E-state index contributed by atoms with van der Waals surface area (Å²) in [5.41, 5.74) is 1.07. The molecule has 0 aromatic heterocycles. The number of carboxylic acid groups (broad SMARTS) is 1. The number of carboxylic acids is 1. The van der Waals surface area contributed by atoms with Gasteiger partial charge in [-0.3, -0.25) is 4.21 Å². The highest BCUT2D eigenvalue weighted by atomic mass is 32.2. The fourth-order valence-corrected chi connectivity index (χ4v) is 2.25. The van der Waals surface area contributed by atoms with Crippen LogP contribution in [0.15, 0.2) is 24.3 Å². The number of amides is 2. The van der Waals surface area contributed by atoms with E-state index in [1.165, 1.54) is 17.0 Å². The van der Waals surface area contributed by atoms with Gasteiger partial charge in [-0.2, -0.15) is 0 Å². The number of urea groups is 1. The lowest BCUT2D eigenvalue weighted by Gasteiger charge is -2.18. The summed E-state index contributed by atoms with van der Waals surface area (Å²) in [6.07, 6.45) is 2.31. The van der Waals surface area contributed by atoms with Crippen molar-refractivity contribution in [1.82, 2.24) is 10.2 Å². The molecule has 1 atom stereocenters. The van der Waals surface area contributed by atoms with Crippen LogP contribution in [0.4, 0.5) is 4.79 Å². The van der Waals surface area contributed by atoms with Crippen LogP contribution in [0.1, 0.15) is 22.3 Å². The highest BCUT2D eigenvalue weighted by molar-refractivity contribution is 7.84. The van der Waals surface area contributed by atoms with Gasteiger partial charge in [-0.05, 0) is 24.1 Å². The molecular formula is C14H20N2O4S. The van der Waals surface area contributed by atoms with E-state index in [0.29, 0.717) is 25.3 Å². The summed E-state index contributed by atoms with van der Waals surface area (Å²) in [5, 5.41) is 11.6. The lowest BCUT2D eigenvalue weighted by atomic mass is 10.1. The van der Waals surface area contributed by atoms with Crippen LogP contribution in [0.2, 0.25) is 0 Å². The normalized spacial score (nSPS) is 11.7. The third-order valence-electron chi connectivity index (χ3n) is 2.85. The maximum atomic E-state index is 11.8. The van der Waals surface area contributed by atoms with Crippen LogP contribution in [0.3, 0.4) is 0 Å². The second-order valence-electron chi connectivity index (χ2n) is 4.72. The minimum Gasteiger partial charge on any atom is -0.478 e. The van der Waals surface area contributed by atoms with Gasteiger partial charge in [-0.25, -0.2) is 9.59 Å². The van der Waals surface area contributed by atoms with Gasteiger partial charge in [-0.1, -0.05) is 12.1 Å². The Morgan fingerprint density at radius 1 is 1.29 bits per heavy atom. The average Bonchev–Trinajstić information content (AvgIpc) is 2.43. The third-order valence-corrected chi connectivity index (χ3v) is 3.72. The molecule has 1 rings (SSSR count). The fraction of sp³-hybridized carbons (Fsp3) is 0.429. The van der Waals surface area contributed by atoms with Crippen LogP contribution in [0, 0.1) is 0 Å². The molecule has 0 aliphatic carbocycles. The summed E-state index contributed by atoms with van der Waals surface area (Å²) in [4.78, 5) is 24.1. The summed E-state index contributed by atoms with van der Waals surface area (Å²) in [6.45, 7) is 0.881. The zero-order valence-electron chi connectivity index (χ0n) is 12.2. The molecule has 0 spiro atoms. The first-order valence-corrected chi connectivity index (χ1v) is 8.24. The van der Waals surface area contributed by atoms with Crippen molar-refractivity contribution in [2.45, 2.75) is 13.0 Å². The Morgan fingerprint density at radius 2 is 1.90 bits per heavy atom. The lowest BCUT2D eigenvalue weighted by Crippen LogP contribution is -2.37. The summed E-state index contributed by atoms with van der Waals surface area (Å²) < 4.78 is 10.9. The Hall–Kier alpha value is -1.89. The maximum absolute atomic E-state index is 11.8. The first-order chi connectivity index (χ1) is 9.90. The molecule has 0 fully saturated rings. The molecular weight excluding hydrogens is 292 g/mol. The first-order valence-electron chi connectivity index (χ1n) is 6.51. The predicted octanol–water partition coefficient (Wildman–Crippen LogP) is 1.29. The standard InChI is InChI=1S/C14H20N2O4S/c1-16(14(19)15-8-3-9-21(2)20)10-11-4-6-12(7-5-11)13(17)18/h4-7H,3,8-10H2,1-2H3,(H,15,19)(H,17,18). The van der Waals surface area contributed by atoms with Gasteiger partial charge in [-0.15, -0.1) is 0 Å². The van der Waals surface area contributed by atoms with Crippen molar-refractivity contribution in [2.75, 3.05) is 25.6 Å². The van der Waals surface area contributed by atoms with Crippen LogP contribution < -0.4 is 5.32 Å². The number of hydrogen-bond acceptors (Lipinski definition) is 3. The van der Waals surface area contributed by atoms with Crippen molar-refractivity contribution in [3.63, 3.8) is 0 Å². The number of nitrogens with one attached hydrogen (secondary N) is 1. The number of rotatable bonds is 7. The van der Waals surface area contributed by atoms with E-state index in [0.717, 1.165) is 5.56 Å². The minimum absolute atomic E-state index is 0.209. The number of benzene rings is 1. The first kappa shape index (κ1) is 17.2. The Bertz CT molecular complexity index is 516. The van der Waals surface area contributed by atoms with Crippen molar-refractivity contribution >= 4 is 22.8 Å². The van der Waals surface area contributed by atoms with Crippen molar-refractivity contribution in [2.24, 2.45) is 0 Å². The molecule has 0 saturated carbocycles. The summed E-state index contributed by atoms with van der Waals surface area (Å²) >= 11 is 0. The molecule has 21 heavy (non-hydrogen) atoms. The molecule has 1 aromatic rings. The maximum Gasteiger partial charge on any atom is 0.335 e. The van der Waals surface area contributed by atoms with E-state index in [9.17, 15) is 13.8 Å². The van der Waals surface area contributed by atoms with E-state index in [1.807, 2.05) is 0 Å². The van der Waals surface area contributed by atoms with E-state index < -0.39 is 16.8 Å². The number of carbonyl (C=O) groups is 2. The molecule has 0 radical (unpaired) electrons. The second kappa shape index (κ2) is 8.41. The quantitative estimate of drug-likeness (QED) is 0.743. The van der Waals surface area contributed by atoms with Gasteiger partial charge in [0.2, 0.25) is 0 Å². The number of hydrogen-bond donors (Lipinski definition) is 2. The van der Waals surface area contributed by atoms with Gasteiger partial charge < -0.3 is 15.3 Å². The monoisotopic (exact) mass is 312 g/mol. The molecule has 1 unspecified atom stereocenters. The van der Waals surface area contributed by atoms with Crippen molar-refractivity contribution < 1.29 is 18.9 Å². The molecule has 6 nitrogen and oxygen atoms in total. The molecule has 7 heteroatoms. The molecule has 2 amide bonds. The fourth-order valence-electron chi connectivity index (χ4n) is 1.70. The molecule has 0 aliphatic rings. The van der Waals surface area contributed by atoms with E-state index in [-0.39, 0.29) is 11.6 Å². The Labute approximate surface area is 126 Å². The van der Waals surface area contributed by atoms with E-state index in [4.69, 9.17) is 5.11 Å². The lowest BCUT2D eigenvalue weighted by molar-refractivity contribution is 0.0697. The van der Waals surface area contributed by atoms with E-state index in [1.54, 1.807) is 25.4 Å². The van der Waals surface area contributed by atoms with Gasteiger partial charge in [0.1, 0.15) is 0 Å². The van der Waals surface area contributed by atoms with Crippen molar-refractivity contribution in [3.05, 3.63) is 35.4 Å². The zero-order chi connectivity index (χ0) is 15.8. The van der Waals surface area contributed by atoms with Crippen LogP contribution >= 0.6 is 0 Å². The predicted molar refractivity (Wildman–Crippen MR) is 81.8 cm³/mol.